The normalized spacial score (nSPS) is 20.9. The summed E-state index contributed by atoms with van der Waals surface area (Å²) in [6.45, 7) is 6.13. The fraction of sp³-hybridized carbons (Fsp3) is 0.419. The van der Waals surface area contributed by atoms with Crippen molar-refractivity contribution in [2.24, 2.45) is 11.7 Å². The number of hydrogen-bond acceptors (Lipinski definition) is 6. The molecule has 2 N–H and O–H groups in total. The van der Waals surface area contributed by atoms with E-state index in [-0.39, 0.29) is 47.7 Å². The first-order valence-corrected chi connectivity index (χ1v) is 14.0. The van der Waals surface area contributed by atoms with Crippen molar-refractivity contribution in [2.75, 3.05) is 13.7 Å². The molecule has 1 saturated carbocycles. The van der Waals surface area contributed by atoms with Crippen LogP contribution < -0.4 is 5.73 Å². The maximum Gasteiger partial charge on any atom is 0.219 e. The van der Waals surface area contributed by atoms with E-state index in [1.165, 1.54) is 12.1 Å². The summed E-state index contributed by atoms with van der Waals surface area (Å²) in [7, 11) is 1.82. The quantitative estimate of drug-likeness (QED) is 0.329. The molecule has 8 nitrogen and oxygen atoms in total. The Balaban J connectivity index is 1.43. The maximum absolute atomic E-state index is 15.0. The molecule has 3 aromatic heterocycles. The molecule has 0 aliphatic heterocycles. The van der Waals surface area contributed by atoms with Crippen molar-refractivity contribution >= 4 is 11.4 Å². The van der Waals surface area contributed by atoms with Gasteiger partial charge in [0, 0.05) is 51.5 Å². The van der Waals surface area contributed by atoms with Gasteiger partial charge in [-0.2, -0.15) is 5.10 Å². The van der Waals surface area contributed by atoms with E-state index < -0.39 is 11.6 Å². The molecule has 1 aliphatic carbocycles. The van der Waals surface area contributed by atoms with Gasteiger partial charge < -0.3 is 15.4 Å². The monoisotopic (exact) mass is 562 g/mol. The molecule has 1 fully saturated rings. The summed E-state index contributed by atoms with van der Waals surface area (Å²) >= 11 is 0. The molecule has 41 heavy (non-hydrogen) atoms. The number of ether oxygens (including phenoxy) is 1. The molecule has 216 valence electrons. The van der Waals surface area contributed by atoms with Gasteiger partial charge in [-0.25, -0.2) is 18.3 Å². The predicted molar refractivity (Wildman–Crippen MR) is 152 cm³/mol. The molecule has 0 spiro atoms. The van der Waals surface area contributed by atoms with Gasteiger partial charge >= 0.3 is 0 Å². The first-order chi connectivity index (χ1) is 19.7. The fourth-order valence-corrected chi connectivity index (χ4v) is 6.22. The number of amides is 1. The van der Waals surface area contributed by atoms with Crippen LogP contribution in [-0.2, 0) is 22.6 Å². The molecule has 4 atom stereocenters. The van der Waals surface area contributed by atoms with Crippen LogP contribution >= 0.6 is 0 Å². The van der Waals surface area contributed by atoms with E-state index in [2.05, 4.69) is 22.0 Å². The van der Waals surface area contributed by atoms with E-state index in [0.717, 1.165) is 24.0 Å². The largest absolute Gasteiger partial charge is 0.377 e. The Kier molecular flexibility index (Phi) is 8.42. The zero-order chi connectivity index (χ0) is 29.3. The van der Waals surface area contributed by atoms with E-state index in [1.807, 2.05) is 26.2 Å². The molecule has 1 aliphatic rings. The minimum Gasteiger partial charge on any atom is -0.377 e. The van der Waals surface area contributed by atoms with Gasteiger partial charge in [0.1, 0.15) is 17.5 Å². The van der Waals surface area contributed by atoms with Gasteiger partial charge in [-0.1, -0.05) is 6.92 Å². The Labute approximate surface area is 238 Å². The second kappa shape index (κ2) is 12.0. The van der Waals surface area contributed by atoms with Gasteiger partial charge in [0.2, 0.25) is 5.91 Å². The lowest BCUT2D eigenvalue weighted by Crippen LogP contribution is -2.54. The Morgan fingerprint density at radius 1 is 1.17 bits per heavy atom. The highest BCUT2D eigenvalue weighted by Crippen LogP contribution is 2.39. The summed E-state index contributed by atoms with van der Waals surface area (Å²) in [6, 6.07) is 7.78. The van der Waals surface area contributed by atoms with Crippen molar-refractivity contribution in [3.63, 3.8) is 0 Å². The van der Waals surface area contributed by atoms with Crippen molar-refractivity contribution in [1.29, 1.82) is 0 Å². The molecule has 1 unspecified atom stereocenters. The van der Waals surface area contributed by atoms with Crippen LogP contribution in [0.1, 0.15) is 62.0 Å². The van der Waals surface area contributed by atoms with Crippen molar-refractivity contribution in [3.05, 3.63) is 83.1 Å². The molecule has 1 aromatic carbocycles. The number of carbonyl (C=O) groups excluding carboxylic acids is 1. The summed E-state index contributed by atoms with van der Waals surface area (Å²) in [5, 5.41) is 4.59. The van der Waals surface area contributed by atoms with Crippen LogP contribution in [0.5, 0.6) is 0 Å². The van der Waals surface area contributed by atoms with E-state index in [9.17, 15) is 4.79 Å². The molecule has 0 saturated heterocycles. The van der Waals surface area contributed by atoms with Crippen LogP contribution in [0.4, 0.5) is 8.78 Å². The molecular weight excluding hydrogens is 526 g/mol. The predicted octanol–water partition coefficient (Wildman–Crippen LogP) is 4.88. The third kappa shape index (κ3) is 5.85. The first kappa shape index (κ1) is 28.8. The van der Waals surface area contributed by atoms with Gasteiger partial charge in [-0.15, -0.1) is 0 Å². The number of nitrogens with zero attached hydrogens (tertiary/aromatic N) is 5. The first-order valence-electron chi connectivity index (χ1n) is 14.0. The van der Waals surface area contributed by atoms with Gasteiger partial charge in [-0.05, 0) is 78.6 Å². The van der Waals surface area contributed by atoms with Crippen molar-refractivity contribution in [1.82, 2.24) is 24.5 Å². The Bertz CT molecular complexity index is 1520. The summed E-state index contributed by atoms with van der Waals surface area (Å²) in [4.78, 5) is 22.8. The lowest BCUT2D eigenvalue weighted by atomic mass is 9.72. The van der Waals surface area contributed by atoms with Crippen LogP contribution in [0, 0.1) is 17.6 Å². The number of rotatable bonds is 8. The van der Waals surface area contributed by atoms with E-state index in [0.29, 0.717) is 29.9 Å². The van der Waals surface area contributed by atoms with Gasteiger partial charge in [-0.3, -0.25) is 9.78 Å². The summed E-state index contributed by atoms with van der Waals surface area (Å²) in [6.07, 6.45) is 7.37. The zero-order valence-electron chi connectivity index (χ0n) is 23.8. The average molecular weight is 563 g/mol. The standard InChI is InChI=1S/C31H36F2N6O2/c1-5-41-17-20-11-25(32)30(26(33)12-20)28-7-6-23-16-36-29(39(23)37-28)14-22-15-35-9-8-24(22)21-10-18(2)31(27(34)13-21)38(4)19(3)40/h6-9,11-12,15-16,18,21,27,31H,5,10,13-14,17,34H2,1-4H3/t18-,21?,27+,31-/m0/s1. The zero-order valence-corrected chi connectivity index (χ0v) is 23.8. The number of aromatic nitrogens is 4. The molecular formula is C31H36F2N6O2. The van der Waals surface area contributed by atoms with Crippen molar-refractivity contribution < 1.29 is 18.3 Å². The van der Waals surface area contributed by atoms with Gasteiger partial charge in [0.15, 0.2) is 0 Å². The van der Waals surface area contributed by atoms with Crippen molar-refractivity contribution in [3.8, 4) is 11.3 Å². The molecule has 3 heterocycles. The highest BCUT2D eigenvalue weighted by molar-refractivity contribution is 5.73. The number of halogens is 2. The molecule has 0 bridgehead atoms. The third-order valence-electron chi connectivity index (χ3n) is 8.19. The van der Waals surface area contributed by atoms with Crippen LogP contribution in [-0.4, -0.2) is 56.1 Å². The highest BCUT2D eigenvalue weighted by Gasteiger charge is 2.38. The highest BCUT2D eigenvalue weighted by atomic mass is 19.1. The number of hydrogen-bond donors (Lipinski definition) is 1. The third-order valence-corrected chi connectivity index (χ3v) is 8.19. The molecule has 10 heteroatoms. The van der Waals surface area contributed by atoms with E-state index in [1.54, 1.807) is 40.9 Å². The smallest absolute Gasteiger partial charge is 0.219 e. The van der Waals surface area contributed by atoms with Crippen LogP contribution in [0.15, 0.2) is 48.9 Å². The molecule has 5 rings (SSSR count). The summed E-state index contributed by atoms with van der Waals surface area (Å²) < 4.78 is 37.0. The van der Waals surface area contributed by atoms with Gasteiger partial charge in [0.05, 0.1) is 29.6 Å². The van der Waals surface area contributed by atoms with E-state index in [4.69, 9.17) is 10.5 Å². The SMILES string of the molecule is CCOCc1cc(F)c(-c2ccc3cnc(Cc4cnccc4C4C[C@@H](N)[C@@H](N(C)C(C)=O)[C@@H](C)C4)n3n2)c(F)c1. The Hall–Kier alpha value is -3.76. The number of carbonyl (C=O) groups is 1. The summed E-state index contributed by atoms with van der Waals surface area (Å²) in [5.74, 6) is -0.326. The lowest BCUT2D eigenvalue weighted by molar-refractivity contribution is -0.131. The fourth-order valence-electron chi connectivity index (χ4n) is 6.22. The van der Waals surface area contributed by atoms with Gasteiger partial charge in [0.25, 0.3) is 0 Å². The topological polar surface area (TPSA) is 98.6 Å². The molecule has 0 radical (unpaired) electrons. The minimum atomic E-state index is -0.695. The number of fused-ring (bicyclic) bond motifs is 1. The maximum atomic E-state index is 15.0. The lowest BCUT2D eigenvalue weighted by Gasteiger charge is -2.43. The second-order valence-electron chi connectivity index (χ2n) is 11.0. The Morgan fingerprint density at radius 2 is 1.93 bits per heavy atom. The van der Waals surface area contributed by atoms with E-state index >= 15 is 8.78 Å². The summed E-state index contributed by atoms with van der Waals surface area (Å²) in [5.41, 5.74) is 9.88. The van der Waals surface area contributed by atoms with Crippen LogP contribution in [0.25, 0.3) is 16.8 Å². The molecule has 4 aromatic rings. The number of pyridine rings is 1. The van der Waals surface area contributed by atoms with Crippen molar-refractivity contribution in [2.45, 2.75) is 64.6 Å². The number of imidazole rings is 1. The minimum absolute atomic E-state index is 0.0121. The average Bonchev–Trinajstić information content (AvgIpc) is 3.33. The number of benzene rings is 1. The van der Waals surface area contributed by atoms with Crippen LogP contribution in [0.3, 0.4) is 0 Å². The Morgan fingerprint density at radius 3 is 2.61 bits per heavy atom. The molecule has 1 amide bonds. The number of likely N-dealkylation sites (N-methyl/N-ethyl adjacent to an activating group) is 1. The van der Waals surface area contributed by atoms with Crippen LogP contribution in [0.2, 0.25) is 0 Å². The second-order valence-corrected chi connectivity index (χ2v) is 11.0. The number of nitrogens with two attached hydrogens (primary N) is 1.